The Labute approximate surface area is 96.3 Å². The molecule has 0 fully saturated rings. The van der Waals surface area contributed by atoms with Crippen molar-refractivity contribution in [2.24, 2.45) is 0 Å². The molecule has 0 bridgehead atoms. The molecule has 1 aromatic carbocycles. The predicted octanol–water partition coefficient (Wildman–Crippen LogP) is 2.15. The Morgan fingerprint density at radius 3 is 2.56 bits per heavy atom. The van der Waals surface area contributed by atoms with Crippen LogP contribution < -0.4 is 4.74 Å². The Morgan fingerprint density at radius 1 is 1.31 bits per heavy atom. The lowest BCUT2D eigenvalue weighted by Crippen LogP contribution is -2.04. The molecule has 0 heterocycles. The Morgan fingerprint density at radius 2 is 2.00 bits per heavy atom. The molecule has 3 heteroatoms. The van der Waals surface area contributed by atoms with Gasteiger partial charge >= 0.3 is 0 Å². The summed E-state index contributed by atoms with van der Waals surface area (Å²) in [5.41, 5.74) is 1.10. The standard InChI is InChI=1S/C13H18O3/c1-11(4-3-9-14)16-10-12-5-7-13(15-2)8-6-12/h3-8,11,14H,9-10H2,1-2H3/b4-3+/t11-/m0/s1. The summed E-state index contributed by atoms with van der Waals surface area (Å²) in [6.07, 6.45) is 3.52. The fraction of sp³-hybridized carbons (Fsp3) is 0.385. The Kier molecular flexibility index (Phi) is 5.61. The highest BCUT2D eigenvalue weighted by atomic mass is 16.5. The van der Waals surface area contributed by atoms with Gasteiger partial charge in [-0.05, 0) is 24.6 Å². The first-order valence-corrected chi connectivity index (χ1v) is 5.28. The van der Waals surface area contributed by atoms with Gasteiger partial charge in [-0.15, -0.1) is 0 Å². The highest BCUT2D eigenvalue weighted by Gasteiger charge is 1.98. The molecule has 0 aliphatic rings. The van der Waals surface area contributed by atoms with Gasteiger partial charge in [-0.2, -0.15) is 0 Å². The summed E-state index contributed by atoms with van der Waals surface area (Å²) in [6.45, 7) is 2.55. The van der Waals surface area contributed by atoms with E-state index in [2.05, 4.69) is 0 Å². The van der Waals surface area contributed by atoms with E-state index in [1.807, 2.05) is 37.3 Å². The van der Waals surface area contributed by atoms with E-state index in [0.29, 0.717) is 6.61 Å². The second-order valence-corrected chi connectivity index (χ2v) is 3.47. The lowest BCUT2D eigenvalue weighted by molar-refractivity contribution is 0.0836. The van der Waals surface area contributed by atoms with Crippen LogP contribution in [-0.2, 0) is 11.3 Å². The normalized spacial score (nSPS) is 12.9. The summed E-state index contributed by atoms with van der Waals surface area (Å²) in [7, 11) is 1.65. The van der Waals surface area contributed by atoms with Gasteiger partial charge in [-0.3, -0.25) is 0 Å². The molecule has 0 aromatic heterocycles. The van der Waals surface area contributed by atoms with Crippen molar-refractivity contribution in [1.29, 1.82) is 0 Å². The zero-order chi connectivity index (χ0) is 11.8. The summed E-state index contributed by atoms with van der Waals surface area (Å²) in [6, 6.07) is 7.77. The molecular formula is C13H18O3. The molecule has 1 aromatic rings. The summed E-state index contributed by atoms with van der Waals surface area (Å²) < 4.78 is 10.6. The number of hydrogen-bond acceptors (Lipinski definition) is 3. The van der Waals surface area contributed by atoms with Crippen molar-refractivity contribution < 1.29 is 14.6 Å². The summed E-state index contributed by atoms with van der Waals surface area (Å²) >= 11 is 0. The number of aliphatic hydroxyl groups is 1. The zero-order valence-corrected chi connectivity index (χ0v) is 9.72. The molecule has 1 rings (SSSR count). The molecule has 0 unspecified atom stereocenters. The van der Waals surface area contributed by atoms with Gasteiger partial charge in [0.1, 0.15) is 5.75 Å². The molecule has 16 heavy (non-hydrogen) atoms. The zero-order valence-electron chi connectivity index (χ0n) is 9.72. The van der Waals surface area contributed by atoms with E-state index in [9.17, 15) is 0 Å². The van der Waals surface area contributed by atoms with Crippen LogP contribution in [0, 0.1) is 0 Å². The maximum absolute atomic E-state index is 8.60. The van der Waals surface area contributed by atoms with Gasteiger partial charge in [0.05, 0.1) is 26.4 Å². The second-order valence-electron chi connectivity index (χ2n) is 3.47. The van der Waals surface area contributed by atoms with Crippen LogP contribution in [0.3, 0.4) is 0 Å². The van der Waals surface area contributed by atoms with Gasteiger partial charge in [0, 0.05) is 0 Å². The van der Waals surface area contributed by atoms with E-state index in [0.717, 1.165) is 11.3 Å². The van der Waals surface area contributed by atoms with Crippen LogP contribution in [-0.4, -0.2) is 24.9 Å². The Balaban J connectivity index is 2.39. The number of benzene rings is 1. The molecule has 1 N–H and O–H groups in total. The maximum atomic E-state index is 8.60. The van der Waals surface area contributed by atoms with Crippen molar-refractivity contribution >= 4 is 0 Å². The molecule has 0 amide bonds. The SMILES string of the molecule is COc1ccc(CO[C@@H](C)/C=C/CO)cc1. The average molecular weight is 222 g/mol. The van der Waals surface area contributed by atoms with Crippen molar-refractivity contribution in [2.75, 3.05) is 13.7 Å². The lowest BCUT2D eigenvalue weighted by Gasteiger charge is -2.09. The smallest absolute Gasteiger partial charge is 0.118 e. The third kappa shape index (κ3) is 4.47. The number of rotatable bonds is 6. The molecule has 0 saturated carbocycles. The van der Waals surface area contributed by atoms with E-state index in [-0.39, 0.29) is 12.7 Å². The van der Waals surface area contributed by atoms with Crippen LogP contribution in [0.2, 0.25) is 0 Å². The van der Waals surface area contributed by atoms with Gasteiger partial charge in [0.15, 0.2) is 0 Å². The molecule has 0 spiro atoms. The topological polar surface area (TPSA) is 38.7 Å². The van der Waals surface area contributed by atoms with Gasteiger partial charge in [-0.25, -0.2) is 0 Å². The molecule has 0 aliphatic carbocycles. The Hall–Kier alpha value is -1.32. The van der Waals surface area contributed by atoms with E-state index in [1.54, 1.807) is 13.2 Å². The quantitative estimate of drug-likeness (QED) is 0.749. The first-order valence-electron chi connectivity index (χ1n) is 5.28. The molecular weight excluding hydrogens is 204 g/mol. The van der Waals surface area contributed by atoms with Gasteiger partial charge < -0.3 is 14.6 Å². The van der Waals surface area contributed by atoms with Crippen LogP contribution in [0.5, 0.6) is 5.75 Å². The number of aliphatic hydroxyl groups excluding tert-OH is 1. The van der Waals surface area contributed by atoms with E-state index in [1.165, 1.54) is 0 Å². The second kappa shape index (κ2) is 7.04. The van der Waals surface area contributed by atoms with Crippen LogP contribution in [0.25, 0.3) is 0 Å². The van der Waals surface area contributed by atoms with E-state index < -0.39 is 0 Å². The van der Waals surface area contributed by atoms with Crippen molar-refractivity contribution in [1.82, 2.24) is 0 Å². The van der Waals surface area contributed by atoms with Crippen LogP contribution >= 0.6 is 0 Å². The molecule has 0 aliphatic heterocycles. The van der Waals surface area contributed by atoms with Crippen LogP contribution in [0.15, 0.2) is 36.4 Å². The minimum Gasteiger partial charge on any atom is -0.497 e. The largest absolute Gasteiger partial charge is 0.497 e. The van der Waals surface area contributed by atoms with Gasteiger partial charge in [0.2, 0.25) is 0 Å². The maximum Gasteiger partial charge on any atom is 0.118 e. The molecule has 1 atom stereocenters. The molecule has 3 nitrogen and oxygen atoms in total. The van der Waals surface area contributed by atoms with Crippen molar-refractivity contribution in [3.05, 3.63) is 42.0 Å². The highest BCUT2D eigenvalue weighted by Crippen LogP contribution is 2.12. The minimum absolute atomic E-state index is 0.00857. The summed E-state index contributed by atoms with van der Waals surface area (Å²) in [5, 5.41) is 8.60. The monoisotopic (exact) mass is 222 g/mol. The first-order chi connectivity index (χ1) is 7.76. The number of hydrogen-bond donors (Lipinski definition) is 1. The average Bonchev–Trinajstić information content (AvgIpc) is 2.34. The van der Waals surface area contributed by atoms with Crippen molar-refractivity contribution in [3.8, 4) is 5.75 Å². The third-order valence-corrected chi connectivity index (χ3v) is 2.18. The third-order valence-electron chi connectivity index (χ3n) is 2.18. The number of methoxy groups -OCH3 is 1. The van der Waals surface area contributed by atoms with Crippen LogP contribution in [0.1, 0.15) is 12.5 Å². The highest BCUT2D eigenvalue weighted by molar-refractivity contribution is 5.26. The fourth-order valence-electron chi connectivity index (χ4n) is 1.26. The lowest BCUT2D eigenvalue weighted by atomic mass is 10.2. The Bertz CT molecular complexity index is 316. The molecule has 0 radical (unpaired) electrons. The fourth-order valence-corrected chi connectivity index (χ4v) is 1.26. The van der Waals surface area contributed by atoms with Gasteiger partial charge in [-0.1, -0.05) is 24.3 Å². The molecule has 88 valence electrons. The van der Waals surface area contributed by atoms with Crippen LogP contribution in [0.4, 0.5) is 0 Å². The van der Waals surface area contributed by atoms with Gasteiger partial charge in [0.25, 0.3) is 0 Å². The summed E-state index contributed by atoms with van der Waals surface area (Å²) in [5.74, 6) is 0.844. The number of ether oxygens (including phenoxy) is 2. The first kappa shape index (κ1) is 12.7. The molecule has 0 saturated heterocycles. The predicted molar refractivity (Wildman–Crippen MR) is 63.5 cm³/mol. The van der Waals surface area contributed by atoms with Crippen molar-refractivity contribution in [2.45, 2.75) is 19.6 Å². The van der Waals surface area contributed by atoms with Crippen molar-refractivity contribution in [3.63, 3.8) is 0 Å². The van der Waals surface area contributed by atoms with E-state index >= 15 is 0 Å². The summed E-state index contributed by atoms with van der Waals surface area (Å²) in [4.78, 5) is 0. The van der Waals surface area contributed by atoms with E-state index in [4.69, 9.17) is 14.6 Å². The minimum atomic E-state index is 0.00857.